The monoisotopic (exact) mass is 494 g/mol. The molecule has 6 rings (SSSR count). The van der Waals surface area contributed by atoms with E-state index in [9.17, 15) is 0 Å². The Morgan fingerprint density at radius 1 is 0.892 bits per heavy atom. The number of hydrogen-bond acceptors (Lipinski definition) is 6. The summed E-state index contributed by atoms with van der Waals surface area (Å²) in [5.74, 6) is 1.90. The Morgan fingerprint density at radius 2 is 1.70 bits per heavy atom. The molecule has 0 spiro atoms. The lowest BCUT2D eigenvalue weighted by Crippen LogP contribution is -2.46. The lowest BCUT2D eigenvalue weighted by molar-refractivity contribution is 0.0979. The van der Waals surface area contributed by atoms with E-state index in [0.29, 0.717) is 6.73 Å². The van der Waals surface area contributed by atoms with Gasteiger partial charge in [-0.2, -0.15) is 0 Å². The maximum atomic E-state index is 6.30. The first kappa shape index (κ1) is 23.8. The highest BCUT2D eigenvalue weighted by molar-refractivity contribution is 5.89. The molecule has 2 aliphatic heterocycles. The third-order valence-corrected chi connectivity index (χ3v) is 7.55. The Hall–Kier alpha value is -3.61. The molecular formula is C31H34N4O2. The zero-order valence-electron chi connectivity index (χ0n) is 21.5. The van der Waals surface area contributed by atoms with Crippen LogP contribution in [0.15, 0.2) is 79.0 Å². The minimum atomic E-state index is 0.607. The number of aromatic nitrogens is 1. The quantitative estimate of drug-likeness (QED) is 0.362. The average molecular weight is 495 g/mol. The van der Waals surface area contributed by atoms with E-state index in [-0.39, 0.29) is 0 Å². The Balaban J connectivity index is 1.17. The topological polar surface area (TPSA) is 41.1 Å². The van der Waals surface area contributed by atoms with Crippen molar-refractivity contribution in [2.45, 2.75) is 19.5 Å². The second-order valence-corrected chi connectivity index (χ2v) is 9.92. The fourth-order valence-corrected chi connectivity index (χ4v) is 5.56. The van der Waals surface area contributed by atoms with Gasteiger partial charge in [-0.05, 0) is 41.8 Å². The molecule has 0 radical (unpaired) electrons. The predicted molar refractivity (Wildman–Crippen MR) is 148 cm³/mol. The van der Waals surface area contributed by atoms with Crippen LogP contribution in [-0.2, 0) is 19.5 Å². The third-order valence-electron chi connectivity index (χ3n) is 7.55. The van der Waals surface area contributed by atoms with E-state index in [2.05, 4.69) is 69.3 Å². The third kappa shape index (κ3) is 5.13. The fraction of sp³-hybridized carbons (Fsp3) is 0.323. The van der Waals surface area contributed by atoms with Crippen molar-refractivity contribution in [1.29, 1.82) is 0 Å². The van der Waals surface area contributed by atoms with Gasteiger partial charge in [-0.15, -0.1) is 0 Å². The van der Waals surface area contributed by atoms with Crippen molar-refractivity contribution in [2.75, 3.05) is 51.5 Å². The number of pyridine rings is 1. The standard InChI is InChI=1S/C31H34N4O2/c1-36-29-12-6-5-11-28(29)35-18-16-33(17-19-35)21-25-20-26-22-34(15-13-24-8-3-2-4-9-24)23-37-31(26)30-27(25)10-7-14-32-30/h2-12,14,20H,13,15-19,21-23H2,1H3. The number of methoxy groups -OCH3 is 1. The average Bonchev–Trinajstić information content (AvgIpc) is 2.97. The molecule has 0 N–H and O–H groups in total. The van der Waals surface area contributed by atoms with Crippen LogP contribution in [0.4, 0.5) is 5.69 Å². The maximum absolute atomic E-state index is 6.30. The number of hydrogen-bond donors (Lipinski definition) is 0. The summed E-state index contributed by atoms with van der Waals surface area (Å²) in [4.78, 5) is 12.1. The molecule has 0 unspecified atom stereocenters. The molecule has 0 bridgehead atoms. The number of anilines is 1. The first-order valence-electron chi connectivity index (χ1n) is 13.2. The van der Waals surface area contributed by atoms with Crippen molar-refractivity contribution >= 4 is 16.6 Å². The van der Waals surface area contributed by atoms with Crippen LogP contribution in [0.25, 0.3) is 10.9 Å². The molecule has 1 fully saturated rings. The van der Waals surface area contributed by atoms with Crippen LogP contribution in [-0.4, -0.2) is 61.3 Å². The van der Waals surface area contributed by atoms with Crippen molar-refractivity contribution in [1.82, 2.24) is 14.8 Å². The van der Waals surface area contributed by atoms with Crippen LogP contribution in [0.3, 0.4) is 0 Å². The predicted octanol–water partition coefficient (Wildman–Crippen LogP) is 4.96. The van der Waals surface area contributed by atoms with E-state index in [1.807, 2.05) is 24.4 Å². The summed E-state index contributed by atoms with van der Waals surface area (Å²) >= 11 is 0. The zero-order valence-corrected chi connectivity index (χ0v) is 21.5. The molecule has 190 valence electrons. The Labute approximate surface area is 219 Å². The maximum Gasteiger partial charge on any atom is 0.152 e. The van der Waals surface area contributed by atoms with Gasteiger partial charge in [0, 0.05) is 63.0 Å². The molecule has 3 heterocycles. The number of piperazine rings is 1. The molecule has 1 saturated heterocycles. The molecule has 6 heteroatoms. The Morgan fingerprint density at radius 3 is 2.54 bits per heavy atom. The smallest absolute Gasteiger partial charge is 0.152 e. The highest BCUT2D eigenvalue weighted by atomic mass is 16.5. The van der Waals surface area contributed by atoms with E-state index in [1.54, 1.807) is 7.11 Å². The minimum Gasteiger partial charge on any atom is -0.495 e. The SMILES string of the molecule is COc1ccccc1N1CCN(Cc2cc3c(c4ncccc24)OCN(CCc2ccccc2)C3)CC1. The van der Waals surface area contributed by atoms with Crippen molar-refractivity contribution in [3.63, 3.8) is 0 Å². The van der Waals surface area contributed by atoms with Gasteiger partial charge < -0.3 is 14.4 Å². The number of para-hydroxylation sites is 2. The van der Waals surface area contributed by atoms with Crippen LogP contribution in [0, 0.1) is 0 Å². The van der Waals surface area contributed by atoms with E-state index < -0.39 is 0 Å². The fourth-order valence-electron chi connectivity index (χ4n) is 5.56. The van der Waals surface area contributed by atoms with Gasteiger partial charge in [-0.25, -0.2) is 0 Å². The molecule has 0 atom stereocenters. The van der Waals surface area contributed by atoms with Gasteiger partial charge in [-0.3, -0.25) is 14.8 Å². The molecular weight excluding hydrogens is 460 g/mol. The zero-order chi connectivity index (χ0) is 25.0. The molecule has 2 aliphatic rings. The summed E-state index contributed by atoms with van der Waals surface area (Å²) in [6, 6.07) is 25.6. The van der Waals surface area contributed by atoms with Gasteiger partial charge in [0.25, 0.3) is 0 Å². The first-order chi connectivity index (χ1) is 18.3. The highest BCUT2D eigenvalue weighted by Crippen LogP contribution is 2.35. The summed E-state index contributed by atoms with van der Waals surface area (Å²) < 4.78 is 11.9. The molecule has 3 aromatic carbocycles. The number of fused-ring (bicyclic) bond motifs is 3. The minimum absolute atomic E-state index is 0.607. The summed E-state index contributed by atoms with van der Waals surface area (Å²) in [6.45, 7) is 7.38. The Bertz CT molecular complexity index is 1350. The highest BCUT2D eigenvalue weighted by Gasteiger charge is 2.24. The molecule has 6 nitrogen and oxygen atoms in total. The van der Waals surface area contributed by atoms with E-state index in [1.165, 1.54) is 27.8 Å². The van der Waals surface area contributed by atoms with Crippen LogP contribution in [0.2, 0.25) is 0 Å². The lowest BCUT2D eigenvalue weighted by Gasteiger charge is -2.37. The van der Waals surface area contributed by atoms with Gasteiger partial charge >= 0.3 is 0 Å². The molecule has 1 aromatic heterocycles. The summed E-state index contributed by atoms with van der Waals surface area (Å²) in [5, 5.41) is 1.20. The summed E-state index contributed by atoms with van der Waals surface area (Å²) in [6.07, 6.45) is 2.90. The van der Waals surface area contributed by atoms with Crippen LogP contribution in [0.1, 0.15) is 16.7 Å². The van der Waals surface area contributed by atoms with Crippen molar-refractivity contribution in [3.05, 3.63) is 95.7 Å². The van der Waals surface area contributed by atoms with Crippen LogP contribution in [0.5, 0.6) is 11.5 Å². The normalized spacial score (nSPS) is 16.4. The second-order valence-electron chi connectivity index (χ2n) is 9.92. The van der Waals surface area contributed by atoms with Gasteiger partial charge in [-0.1, -0.05) is 48.5 Å². The number of rotatable bonds is 7. The molecule has 0 aliphatic carbocycles. The Kier molecular flexibility index (Phi) is 6.93. The lowest BCUT2D eigenvalue weighted by atomic mass is 10.0. The summed E-state index contributed by atoms with van der Waals surface area (Å²) in [5.41, 5.74) is 6.11. The van der Waals surface area contributed by atoms with Gasteiger partial charge in [0.05, 0.1) is 12.8 Å². The summed E-state index contributed by atoms with van der Waals surface area (Å²) in [7, 11) is 1.75. The largest absolute Gasteiger partial charge is 0.495 e. The van der Waals surface area contributed by atoms with E-state index in [0.717, 1.165) is 69.2 Å². The van der Waals surface area contributed by atoms with Gasteiger partial charge in [0.1, 0.15) is 18.0 Å². The first-order valence-corrected chi connectivity index (χ1v) is 13.2. The van der Waals surface area contributed by atoms with Crippen molar-refractivity contribution in [2.24, 2.45) is 0 Å². The molecule has 0 amide bonds. The number of ether oxygens (including phenoxy) is 2. The number of benzene rings is 3. The van der Waals surface area contributed by atoms with E-state index >= 15 is 0 Å². The van der Waals surface area contributed by atoms with E-state index in [4.69, 9.17) is 14.5 Å². The molecule has 4 aromatic rings. The van der Waals surface area contributed by atoms with Crippen molar-refractivity contribution < 1.29 is 9.47 Å². The van der Waals surface area contributed by atoms with Crippen molar-refractivity contribution in [3.8, 4) is 11.5 Å². The number of nitrogens with zero attached hydrogens (tertiary/aromatic N) is 4. The van der Waals surface area contributed by atoms with Crippen LogP contribution < -0.4 is 14.4 Å². The van der Waals surface area contributed by atoms with Gasteiger partial charge in [0.2, 0.25) is 0 Å². The molecule has 37 heavy (non-hydrogen) atoms. The van der Waals surface area contributed by atoms with Crippen LogP contribution >= 0.6 is 0 Å². The van der Waals surface area contributed by atoms with Gasteiger partial charge in [0.15, 0.2) is 5.75 Å². The second kappa shape index (κ2) is 10.8. The molecule has 0 saturated carbocycles.